The maximum atomic E-state index is 11.2. The monoisotopic (exact) mass is 197 g/mol. The fourth-order valence-electron chi connectivity index (χ4n) is 2.85. The average molecular weight is 197 g/mol. The molecule has 0 spiro atoms. The van der Waals surface area contributed by atoms with Gasteiger partial charge in [-0.15, -0.1) is 0 Å². The number of hydrogen-bond donors (Lipinski definition) is 2. The third-order valence-corrected chi connectivity index (χ3v) is 3.76. The zero-order valence-electron chi connectivity index (χ0n) is 8.54. The van der Waals surface area contributed by atoms with E-state index >= 15 is 0 Å². The smallest absolute Gasteiger partial charge is 0.307 e. The van der Waals surface area contributed by atoms with Crippen molar-refractivity contribution in [1.82, 2.24) is 5.32 Å². The first-order chi connectivity index (χ1) is 6.79. The normalized spacial score (nSPS) is 26.9. The van der Waals surface area contributed by atoms with Gasteiger partial charge in [-0.1, -0.05) is 19.3 Å². The van der Waals surface area contributed by atoms with E-state index in [0.29, 0.717) is 11.8 Å². The van der Waals surface area contributed by atoms with Gasteiger partial charge < -0.3 is 10.4 Å². The summed E-state index contributed by atoms with van der Waals surface area (Å²) in [6.07, 6.45) is 6.02. The third-order valence-electron chi connectivity index (χ3n) is 3.76. The molecule has 1 saturated carbocycles. The van der Waals surface area contributed by atoms with E-state index in [4.69, 9.17) is 0 Å². The van der Waals surface area contributed by atoms with E-state index < -0.39 is 5.97 Å². The van der Waals surface area contributed by atoms with Crippen molar-refractivity contribution < 1.29 is 9.90 Å². The van der Waals surface area contributed by atoms with Crippen molar-refractivity contribution in [2.75, 3.05) is 13.1 Å². The lowest BCUT2D eigenvalue weighted by atomic mass is 9.72. The van der Waals surface area contributed by atoms with Gasteiger partial charge >= 0.3 is 5.97 Å². The quantitative estimate of drug-likeness (QED) is 0.720. The number of rotatable bonds is 3. The van der Waals surface area contributed by atoms with Gasteiger partial charge in [0, 0.05) is 13.1 Å². The summed E-state index contributed by atoms with van der Waals surface area (Å²) in [5.74, 6) is 0.212. The molecule has 2 aliphatic rings. The maximum absolute atomic E-state index is 11.2. The molecular weight excluding hydrogens is 178 g/mol. The van der Waals surface area contributed by atoms with Crippen LogP contribution in [-0.4, -0.2) is 24.2 Å². The predicted octanol–water partition coefficient (Wildman–Crippen LogP) is 1.49. The second-order valence-electron chi connectivity index (χ2n) is 4.68. The summed E-state index contributed by atoms with van der Waals surface area (Å²) in [5.41, 5.74) is 0. The van der Waals surface area contributed by atoms with Crippen LogP contribution in [-0.2, 0) is 4.79 Å². The van der Waals surface area contributed by atoms with E-state index in [1.807, 2.05) is 0 Å². The fourth-order valence-corrected chi connectivity index (χ4v) is 2.85. The first-order valence-electron chi connectivity index (χ1n) is 5.72. The van der Waals surface area contributed by atoms with Crippen LogP contribution >= 0.6 is 0 Å². The van der Waals surface area contributed by atoms with Gasteiger partial charge in [0.05, 0.1) is 5.92 Å². The lowest BCUT2D eigenvalue weighted by Gasteiger charge is -2.38. The highest BCUT2D eigenvalue weighted by molar-refractivity contribution is 5.71. The molecule has 0 amide bonds. The summed E-state index contributed by atoms with van der Waals surface area (Å²) in [5, 5.41) is 12.4. The van der Waals surface area contributed by atoms with Gasteiger partial charge in [-0.05, 0) is 24.7 Å². The Balaban J connectivity index is 1.97. The molecule has 0 aromatic heterocycles. The van der Waals surface area contributed by atoms with Crippen LogP contribution in [0, 0.1) is 17.8 Å². The Kier molecular flexibility index (Phi) is 3.06. The van der Waals surface area contributed by atoms with Gasteiger partial charge in [0.1, 0.15) is 0 Å². The van der Waals surface area contributed by atoms with E-state index in [1.54, 1.807) is 0 Å². The zero-order valence-corrected chi connectivity index (χ0v) is 8.54. The van der Waals surface area contributed by atoms with Crippen LogP contribution in [0.5, 0.6) is 0 Å². The molecule has 1 aliphatic carbocycles. The molecule has 1 saturated heterocycles. The van der Waals surface area contributed by atoms with Crippen molar-refractivity contribution in [3.63, 3.8) is 0 Å². The lowest BCUT2D eigenvalue weighted by molar-refractivity contribution is -0.147. The Labute approximate surface area is 84.9 Å². The van der Waals surface area contributed by atoms with Gasteiger partial charge in [-0.25, -0.2) is 0 Å². The number of hydrogen-bond acceptors (Lipinski definition) is 2. The Bertz CT molecular complexity index is 207. The molecule has 1 atom stereocenters. The second kappa shape index (κ2) is 4.30. The first-order valence-corrected chi connectivity index (χ1v) is 5.72. The van der Waals surface area contributed by atoms with Crippen LogP contribution in [0.15, 0.2) is 0 Å². The Morgan fingerprint density at radius 2 is 1.79 bits per heavy atom. The molecule has 0 radical (unpaired) electrons. The minimum atomic E-state index is -0.566. The highest BCUT2D eigenvalue weighted by Gasteiger charge is 2.38. The van der Waals surface area contributed by atoms with E-state index in [9.17, 15) is 9.90 Å². The molecule has 1 heterocycles. The van der Waals surface area contributed by atoms with Gasteiger partial charge in [-0.2, -0.15) is 0 Å². The topological polar surface area (TPSA) is 49.3 Å². The van der Waals surface area contributed by atoms with Gasteiger partial charge in [0.25, 0.3) is 0 Å². The Morgan fingerprint density at radius 1 is 1.14 bits per heavy atom. The van der Waals surface area contributed by atoms with Crippen molar-refractivity contribution >= 4 is 5.97 Å². The highest BCUT2D eigenvalue weighted by atomic mass is 16.4. The molecule has 2 fully saturated rings. The fraction of sp³-hybridized carbons (Fsp3) is 0.909. The predicted molar refractivity (Wildman–Crippen MR) is 54.1 cm³/mol. The molecule has 2 N–H and O–H groups in total. The summed E-state index contributed by atoms with van der Waals surface area (Å²) >= 11 is 0. The summed E-state index contributed by atoms with van der Waals surface area (Å²) in [7, 11) is 0. The molecule has 3 heteroatoms. The summed E-state index contributed by atoms with van der Waals surface area (Å²) in [4.78, 5) is 11.2. The van der Waals surface area contributed by atoms with Crippen LogP contribution in [0.3, 0.4) is 0 Å². The van der Waals surface area contributed by atoms with Crippen LogP contribution < -0.4 is 5.32 Å². The van der Waals surface area contributed by atoms with E-state index in [0.717, 1.165) is 25.9 Å². The van der Waals surface area contributed by atoms with Gasteiger partial charge in [0.15, 0.2) is 0 Å². The molecule has 14 heavy (non-hydrogen) atoms. The van der Waals surface area contributed by atoms with Crippen molar-refractivity contribution in [2.24, 2.45) is 17.8 Å². The third kappa shape index (κ3) is 1.92. The first kappa shape index (κ1) is 9.97. The van der Waals surface area contributed by atoms with E-state index in [1.165, 1.54) is 19.3 Å². The molecule has 0 aromatic rings. The molecule has 3 nitrogen and oxygen atoms in total. The minimum absolute atomic E-state index is 0.0726. The summed E-state index contributed by atoms with van der Waals surface area (Å²) in [6, 6.07) is 0. The molecule has 0 aromatic carbocycles. The number of carbonyl (C=O) groups is 1. The van der Waals surface area contributed by atoms with Crippen molar-refractivity contribution in [3.8, 4) is 0 Å². The molecule has 1 aliphatic heterocycles. The second-order valence-corrected chi connectivity index (χ2v) is 4.68. The van der Waals surface area contributed by atoms with Gasteiger partial charge in [0.2, 0.25) is 0 Å². The highest BCUT2D eigenvalue weighted by Crippen LogP contribution is 2.35. The molecule has 0 bridgehead atoms. The lowest BCUT2D eigenvalue weighted by Crippen LogP contribution is -2.50. The van der Waals surface area contributed by atoms with Crippen LogP contribution in [0.4, 0.5) is 0 Å². The van der Waals surface area contributed by atoms with Crippen LogP contribution in [0.25, 0.3) is 0 Å². The summed E-state index contributed by atoms with van der Waals surface area (Å²) in [6.45, 7) is 1.82. The molecule has 1 unspecified atom stereocenters. The van der Waals surface area contributed by atoms with Crippen molar-refractivity contribution in [2.45, 2.75) is 32.1 Å². The average Bonchev–Trinajstić information content (AvgIpc) is 2.12. The Morgan fingerprint density at radius 3 is 2.21 bits per heavy atom. The standard InChI is InChI=1S/C11H19NO2/c13-11(14)10(9-6-12-7-9)8-4-2-1-3-5-8/h8-10,12H,1-7H2,(H,13,14). The van der Waals surface area contributed by atoms with Crippen LogP contribution in [0.2, 0.25) is 0 Å². The zero-order chi connectivity index (χ0) is 9.97. The number of carboxylic acid groups (broad SMARTS) is 1. The van der Waals surface area contributed by atoms with E-state index in [2.05, 4.69) is 5.32 Å². The number of aliphatic carboxylic acids is 1. The largest absolute Gasteiger partial charge is 0.481 e. The van der Waals surface area contributed by atoms with E-state index in [-0.39, 0.29) is 5.92 Å². The molecule has 2 rings (SSSR count). The minimum Gasteiger partial charge on any atom is -0.481 e. The maximum Gasteiger partial charge on any atom is 0.307 e. The van der Waals surface area contributed by atoms with Gasteiger partial charge in [-0.3, -0.25) is 4.79 Å². The van der Waals surface area contributed by atoms with Crippen LogP contribution in [0.1, 0.15) is 32.1 Å². The summed E-state index contributed by atoms with van der Waals surface area (Å²) < 4.78 is 0. The number of nitrogens with one attached hydrogen (secondary N) is 1. The molecular formula is C11H19NO2. The Hall–Kier alpha value is -0.570. The SMILES string of the molecule is O=C(O)C(C1CCCCC1)C1CNC1. The number of carboxylic acids is 1. The van der Waals surface area contributed by atoms with Crippen molar-refractivity contribution in [1.29, 1.82) is 0 Å². The van der Waals surface area contributed by atoms with Crippen molar-refractivity contribution in [3.05, 3.63) is 0 Å². The molecule has 80 valence electrons.